The molecule has 1 unspecified atom stereocenters. The second kappa shape index (κ2) is 8.96. The Morgan fingerprint density at radius 1 is 1.13 bits per heavy atom. The zero-order chi connectivity index (χ0) is 16.5. The molecule has 0 radical (unpaired) electrons. The van der Waals surface area contributed by atoms with Gasteiger partial charge in [0.2, 0.25) is 5.91 Å². The van der Waals surface area contributed by atoms with Crippen LogP contribution in [-0.2, 0) is 11.4 Å². The van der Waals surface area contributed by atoms with Gasteiger partial charge in [0, 0.05) is 17.8 Å². The molecule has 2 aromatic carbocycles. The van der Waals surface area contributed by atoms with Crippen molar-refractivity contribution in [2.45, 2.75) is 32.9 Å². The van der Waals surface area contributed by atoms with E-state index in [-0.39, 0.29) is 5.91 Å². The number of carbonyl (C=O) groups excluding carboxylic acids is 1. The second-order valence-corrected chi connectivity index (χ2v) is 5.54. The van der Waals surface area contributed by atoms with Crippen molar-refractivity contribution in [2.24, 2.45) is 0 Å². The summed E-state index contributed by atoms with van der Waals surface area (Å²) in [6.45, 7) is 4.96. The number of amides is 1. The fraction of sp³-hybridized carbons (Fsp3) is 0.316. The monoisotopic (exact) mass is 312 g/mol. The predicted molar refractivity (Wildman–Crippen MR) is 93.6 cm³/mol. The third kappa shape index (κ3) is 6.12. The Balaban J connectivity index is 1.85. The van der Waals surface area contributed by atoms with Gasteiger partial charge >= 0.3 is 0 Å². The largest absolute Gasteiger partial charge is 0.489 e. The molecule has 0 fully saturated rings. The number of carbonyl (C=O) groups is 1. The van der Waals surface area contributed by atoms with Crippen LogP contribution in [0.2, 0.25) is 0 Å². The first-order valence-corrected chi connectivity index (χ1v) is 7.97. The summed E-state index contributed by atoms with van der Waals surface area (Å²) in [5, 5.41) is 6.05. The van der Waals surface area contributed by atoms with Gasteiger partial charge in [-0.3, -0.25) is 4.79 Å². The van der Waals surface area contributed by atoms with Crippen LogP contribution in [-0.4, -0.2) is 18.5 Å². The highest BCUT2D eigenvalue weighted by Gasteiger charge is 2.05. The number of nitrogens with one attached hydrogen (secondary N) is 2. The van der Waals surface area contributed by atoms with Crippen molar-refractivity contribution in [3.63, 3.8) is 0 Å². The molecular weight excluding hydrogens is 288 g/mol. The van der Waals surface area contributed by atoms with E-state index in [0.29, 0.717) is 19.2 Å². The van der Waals surface area contributed by atoms with E-state index in [1.165, 1.54) is 0 Å². The van der Waals surface area contributed by atoms with Gasteiger partial charge in [-0.15, -0.1) is 0 Å². The Hall–Kier alpha value is -2.33. The molecule has 0 spiro atoms. The topological polar surface area (TPSA) is 50.4 Å². The summed E-state index contributed by atoms with van der Waals surface area (Å²) in [7, 11) is 0. The minimum Gasteiger partial charge on any atom is -0.489 e. The smallest absolute Gasteiger partial charge is 0.238 e. The molecule has 4 nitrogen and oxygen atoms in total. The predicted octanol–water partition coefficient (Wildman–Crippen LogP) is 3.59. The molecule has 2 aromatic rings. The van der Waals surface area contributed by atoms with Crippen molar-refractivity contribution >= 4 is 11.6 Å². The van der Waals surface area contributed by atoms with E-state index in [4.69, 9.17) is 4.74 Å². The fourth-order valence-electron chi connectivity index (χ4n) is 2.02. The maximum absolute atomic E-state index is 11.9. The molecule has 1 atom stereocenters. The lowest BCUT2D eigenvalue weighted by molar-refractivity contribution is -0.115. The summed E-state index contributed by atoms with van der Waals surface area (Å²) < 4.78 is 5.76. The lowest BCUT2D eigenvalue weighted by Gasteiger charge is -2.12. The highest BCUT2D eigenvalue weighted by molar-refractivity contribution is 5.92. The quantitative estimate of drug-likeness (QED) is 0.783. The SMILES string of the molecule is CCC(C)NCC(=O)Nc1cccc(OCc2ccccc2)c1. The van der Waals surface area contributed by atoms with Crippen LogP contribution in [0.1, 0.15) is 25.8 Å². The molecule has 122 valence electrons. The molecule has 0 aliphatic carbocycles. The minimum absolute atomic E-state index is 0.0505. The van der Waals surface area contributed by atoms with E-state index in [1.807, 2.05) is 54.6 Å². The van der Waals surface area contributed by atoms with Gasteiger partial charge in [-0.2, -0.15) is 0 Å². The molecule has 0 saturated carbocycles. The van der Waals surface area contributed by atoms with Crippen LogP contribution >= 0.6 is 0 Å². The number of benzene rings is 2. The first kappa shape index (κ1) is 17.0. The van der Waals surface area contributed by atoms with Crippen LogP contribution in [0.5, 0.6) is 5.75 Å². The number of hydrogen-bond acceptors (Lipinski definition) is 3. The number of ether oxygens (including phenoxy) is 1. The maximum Gasteiger partial charge on any atom is 0.238 e. The van der Waals surface area contributed by atoms with Gasteiger partial charge in [-0.25, -0.2) is 0 Å². The van der Waals surface area contributed by atoms with Crippen LogP contribution < -0.4 is 15.4 Å². The van der Waals surface area contributed by atoms with Crippen molar-refractivity contribution < 1.29 is 9.53 Å². The third-order valence-corrected chi connectivity index (χ3v) is 3.59. The van der Waals surface area contributed by atoms with Crippen LogP contribution in [0, 0.1) is 0 Å². The van der Waals surface area contributed by atoms with Gasteiger partial charge in [0.1, 0.15) is 12.4 Å². The molecule has 23 heavy (non-hydrogen) atoms. The molecule has 0 bridgehead atoms. The van der Waals surface area contributed by atoms with Gasteiger partial charge in [-0.1, -0.05) is 43.3 Å². The lowest BCUT2D eigenvalue weighted by atomic mass is 10.2. The van der Waals surface area contributed by atoms with E-state index < -0.39 is 0 Å². The van der Waals surface area contributed by atoms with E-state index in [0.717, 1.165) is 23.4 Å². The molecule has 2 rings (SSSR count). The molecule has 0 aliphatic heterocycles. The van der Waals surface area contributed by atoms with Crippen LogP contribution in [0.3, 0.4) is 0 Å². The van der Waals surface area contributed by atoms with E-state index in [2.05, 4.69) is 24.5 Å². The number of hydrogen-bond donors (Lipinski definition) is 2. The Bertz CT molecular complexity index is 614. The maximum atomic E-state index is 11.9. The highest BCUT2D eigenvalue weighted by atomic mass is 16.5. The van der Waals surface area contributed by atoms with Gasteiger partial charge < -0.3 is 15.4 Å². The fourth-order valence-corrected chi connectivity index (χ4v) is 2.02. The molecule has 4 heteroatoms. The van der Waals surface area contributed by atoms with Crippen molar-refractivity contribution in [1.29, 1.82) is 0 Å². The lowest BCUT2D eigenvalue weighted by Crippen LogP contribution is -2.33. The van der Waals surface area contributed by atoms with Crippen LogP contribution in [0.4, 0.5) is 5.69 Å². The molecule has 1 amide bonds. The highest BCUT2D eigenvalue weighted by Crippen LogP contribution is 2.18. The summed E-state index contributed by atoms with van der Waals surface area (Å²) >= 11 is 0. The van der Waals surface area contributed by atoms with Gasteiger partial charge in [0.15, 0.2) is 0 Å². The standard InChI is InChI=1S/C19H24N2O2/c1-3-15(2)20-13-19(22)21-17-10-7-11-18(12-17)23-14-16-8-5-4-6-9-16/h4-12,15,20H,3,13-14H2,1-2H3,(H,21,22). The summed E-state index contributed by atoms with van der Waals surface area (Å²) in [5.41, 5.74) is 1.85. The molecule has 0 saturated heterocycles. The number of rotatable bonds is 8. The first-order chi connectivity index (χ1) is 11.2. The van der Waals surface area contributed by atoms with Gasteiger partial charge in [0.05, 0.1) is 6.54 Å². The van der Waals surface area contributed by atoms with Crippen molar-refractivity contribution in [2.75, 3.05) is 11.9 Å². The van der Waals surface area contributed by atoms with Gasteiger partial charge in [0.25, 0.3) is 0 Å². The van der Waals surface area contributed by atoms with E-state index in [9.17, 15) is 4.79 Å². The third-order valence-electron chi connectivity index (χ3n) is 3.59. The average Bonchev–Trinajstić information content (AvgIpc) is 2.59. The summed E-state index contributed by atoms with van der Waals surface area (Å²) in [5.74, 6) is 0.687. The Labute approximate surface area is 137 Å². The van der Waals surface area contributed by atoms with Crippen LogP contribution in [0.25, 0.3) is 0 Å². The summed E-state index contributed by atoms with van der Waals surface area (Å²) in [4.78, 5) is 11.9. The molecule has 0 aromatic heterocycles. The normalized spacial score (nSPS) is 11.7. The average molecular weight is 312 g/mol. The Morgan fingerprint density at radius 3 is 2.65 bits per heavy atom. The second-order valence-electron chi connectivity index (χ2n) is 5.54. The van der Waals surface area contributed by atoms with Crippen molar-refractivity contribution in [1.82, 2.24) is 5.32 Å². The number of anilines is 1. The zero-order valence-electron chi connectivity index (χ0n) is 13.7. The summed E-state index contributed by atoms with van der Waals surface area (Å²) in [6.07, 6.45) is 0.996. The molecule has 0 aliphatic rings. The minimum atomic E-state index is -0.0505. The first-order valence-electron chi connectivity index (χ1n) is 7.97. The Kier molecular flexibility index (Phi) is 6.63. The van der Waals surface area contributed by atoms with Crippen LogP contribution in [0.15, 0.2) is 54.6 Å². The van der Waals surface area contributed by atoms with E-state index >= 15 is 0 Å². The van der Waals surface area contributed by atoms with Gasteiger partial charge in [-0.05, 0) is 31.0 Å². The van der Waals surface area contributed by atoms with E-state index in [1.54, 1.807) is 0 Å². The van der Waals surface area contributed by atoms with Crippen molar-refractivity contribution in [3.8, 4) is 5.75 Å². The molecule has 2 N–H and O–H groups in total. The molecule has 0 heterocycles. The summed E-state index contributed by atoms with van der Waals surface area (Å²) in [6, 6.07) is 17.8. The zero-order valence-corrected chi connectivity index (χ0v) is 13.7. The Morgan fingerprint density at radius 2 is 1.91 bits per heavy atom. The van der Waals surface area contributed by atoms with Crippen molar-refractivity contribution in [3.05, 3.63) is 60.2 Å². The molecular formula is C19H24N2O2.